The Balaban J connectivity index is 0. The molecule has 0 aromatic rings. The first-order valence-electron chi connectivity index (χ1n) is 14.9. The molecule has 0 saturated carbocycles. The summed E-state index contributed by atoms with van der Waals surface area (Å²) >= 11 is 0. The number of carboxylic acid groups (broad SMARTS) is 1. The van der Waals surface area contributed by atoms with Crippen molar-refractivity contribution in [1.82, 2.24) is 0 Å². The van der Waals surface area contributed by atoms with Crippen molar-refractivity contribution in [3.63, 3.8) is 0 Å². The maximum absolute atomic E-state index is 11.4. The van der Waals surface area contributed by atoms with Gasteiger partial charge in [-0.05, 0) is 18.8 Å². The normalized spacial score (nSPS) is 11.9. The number of hydrogen-bond acceptors (Lipinski definition) is 2. The topological polar surface area (TPSA) is 40.1 Å². The Morgan fingerprint density at radius 1 is 0.455 bits per heavy atom. The second-order valence-electron chi connectivity index (χ2n) is 10.4. The van der Waals surface area contributed by atoms with Crippen LogP contribution < -0.4 is 34.7 Å². The van der Waals surface area contributed by atoms with Crippen molar-refractivity contribution >= 4 is 5.97 Å². The molecule has 0 radical (unpaired) electrons. The van der Waals surface area contributed by atoms with Gasteiger partial charge in [0.15, 0.2) is 0 Å². The summed E-state index contributed by atoms with van der Waals surface area (Å²) in [6, 6.07) is 0. The van der Waals surface area contributed by atoms with E-state index in [0.717, 1.165) is 25.7 Å². The van der Waals surface area contributed by atoms with Crippen LogP contribution in [0.4, 0.5) is 0 Å². The minimum absolute atomic E-state index is 0. The first-order valence-corrected chi connectivity index (χ1v) is 14.9. The van der Waals surface area contributed by atoms with Crippen molar-refractivity contribution in [2.45, 2.75) is 181 Å². The smallest absolute Gasteiger partial charge is 0.550 e. The van der Waals surface area contributed by atoms with Gasteiger partial charge in [0.05, 0.1) is 0 Å². The number of unbranched alkanes of at least 4 members (excludes halogenated alkanes) is 22. The van der Waals surface area contributed by atoms with Crippen molar-refractivity contribution in [1.29, 1.82) is 0 Å². The summed E-state index contributed by atoms with van der Waals surface area (Å²) in [5, 5.41) is 11.4. The fourth-order valence-corrected chi connectivity index (χ4v) is 4.84. The van der Waals surface area contributed by atoms with Crippen LogP contribution in [0.25, 0.3) is 0 Å². The van der Waals surface area contributed by atoms with E-state index in [1.165, 1.54) is 141 Å². The fraction of sp³-hybridized carbons (Fsp3) is 0.967. The van der Waals surface area contributed by atoms with Gasteiger partial charge in [0.2, 0.25) is 0 Å². The second kappa shape index (κ2) is 30.5. The third kappa shape index (κ3) is 28.6. The number of carboxylic acids is 1. The van der Waals surface area contributed by atoms with Crippen molar-refractivity contribution in [3.05, 3.63) is 0 Å². The summed E-state index contributed by atoms with van der Waals surface area (Å²) in [5.74, 6) is -1.02. The van der Waals surface area contributed by atoms with E-state index >= 15 is 0 Å². The first kappa shape index (κ1) is 35.6. The van der Waals surface area contributed by atoms with E-state index in [9.17, 15) is 9.90 Å². The molecule has 0 spiro atoms. The molecule has 0 saturated heterocycles. The van der Waals surface area contributed by atoms with Gasteiger partial charge in [0.25, 0.3) is 0 Å². The van der Waals surface area contributed by atoms with Crippen LogP contribution in [-0.2, 0) is 4.79 Å². The molecule has 0 aliphatic rings. The average molecular weight is 475 g/mol. The summed E-state index contributed by atoms with van der Waals surface area (Å²) in [4.78, 5) is 11.4. The molecule has 0 aromatic heterocycles. The number of carbonyl (C=O) groups is 1. The number of rotatable bonds is 27. The summed E-state index contributed by atoms with van der Waals surface area (Å²) in [5.41, 5.74) is 0. The maximum atomic E-state index is 11.4. The summed E-state index contributed by atoms with van der Waals surface area (Å²) in [6.45, 7) is 4.54. The van der Waals surface area contributed by atoms with Crippen LogP contribution >= 0.6 is 0 Å². The van der Waals surface area contributed by atoms with E-state index in [2.05, 4.69) is 13.8 Å². The molecule has 0 heterocycles. The molecule has 0 aliphatic heterocycles. The van der Waals surface area contributed by atoms with Gasteiger partial charge in [-0.3, -0.25) is 0 Å². The average Bonchev–Trinajstić information content (AvgIpc) is 2.78. The number of carbonyl (C=O) groups excluding carboxylic acids is 1. The second-order valence-corrected chi connectivity index (χ2v) is 10.4. The zero-order valence-electron chi connectivity index (χ0n) is 23.3. The Hall–Kier alpha value is 0.470. The molecule has 192 valence electrons. The predicted molar refractivity (Wildman–Crippen MR) is 140 cm³/mol. The summed E-state index contributed by atoms with van der Waals surface area (Å²) in [7, 11) is 0. The molecule has 0 fully saturated rings. The maximum Gasteiger partial charge on any atom is 1.00 e. The van der Waals surface area contributed by atoms with E-state index in [1.807, 2.05) is 0 Å². The number of hydrogen-bond donors (Lipinski definition) is 0. The van der Waals surface area contributed by atoms with Gasteiger partial charge in [-0.15, -0.1) is 0 Å². The molecule has 0 amide bonds. The molecule has 0 bridgehead atoms. The predicted octanol–water partition coefficient (Wildman–Crippen LogP) is 6.54. The van der Waals surface area contributed by atoms with Crippen LogP contribution in [0.15, 0.2) is 0 Å². The van der Waals surface area contributed by atoms with Gasteiger partial charge in [0.1, 0.15) is 0 Å². The largest absolute Gasteiger partial charge is 1.00 e. The molecule has 0 rings (SSSR count). The molecule has 3 heteroatoms. The molecule has 0 N–H and O–H groups in total. The Labute approximate surface area is 231 Å². The van der Waals surface area contributed by atoms with Gasteiger partial charge < -0.3 is 9.90 Å². The van der Waals surface area contributed by atoms with Crippen LogP contribution in [-0.4, -0.2) is 5.97 Å². The van der Waals surface area contributed by atoms with Crippen LogP contribution in [0.5, 0.6) is 0 Å². The Morgan fingerprint density at radius 3 is 0.879 bits per heavy atom. The van der Waals surface area contributed by atoms with Gasteiger partial charge in [-0.1, -0.05) is 168 Å². The van der Waals surface area contributed by atoms with Crippen molar-refractivity contribution in [2.24, 2.45) is 5.92 Å². The summed E-state index contributed by atoms with van der Waals surface area (Å²) < 4.78 is 0. The SMILES string of the molecule is CCCCCCCCCCCCCCCCC(CCCCCCCCCCCC)C(=O)[O-].[Na+]. The first-order chi connectivity index (χ1) is 15.7. The molecule has 0 aromatic carbocycles. The number of aliphatic carboxylic acids is 1. The Bertz CT molecular complexity index is 372. The van der Waals surface area contributed by atoms with E-state index in [4.69, 9.17) is 0 Å². The molecule has 1 unspecified atom stereocenters. The van der Waals surface area contributed by atoms with Crippen molar-refractivity contribution in [3.8, 4) is 0 Å². The minimum Gasteiger partial charge on any atom is -0.550 e. The zero-order valence-corrected chi connectivity index (χ0v) is 25.3. The molecule has 2 nitrogen and oxygen atoms in total. The monoisotopic (exact) mass is 474 g/mol. The van der Waals surface area contributed by atoms with Gasteiger partial charge in [-0.25, -0.2) is 0 Å². The Kier molecular flexibility index (Phi) is 32.9. The van der Waals surface area contributed by atoms with Crippen molar-refractivity contribution in [2.75, 3.05) is 0 Å². The zero-order chi connectivity index (χ0) is 23.5. The van der Waals surface area contributed by atoms with Crippen LogP contribution in [0.3, 0.4) is 0 Å². The third-order valence-electron chi connectivity index (χ3n) is 7.15. The van der Waals surface area contributed by atoms with E-state index in [0.29, 0.717) is 0 Å². The van der Waals surface area contributed by atoms with Gasteiger partial charge >= 0.3 is 29.6 Å². The molecule has 33 heavy (non-hydrogen) atoms. The minimum atomic E-state index is -0.810. The molecule has 0 aliphatic carbocycles. The van der Waals surface area contributed by atoms with Crippen LogP contribution in [0.2, 0.25) is 0 Å². The quantitative estimate of drug-likeness (QED) is 0.100. The molecular weight excluding hydrogens is 415 g/mol. The van der Waals surface area contributed by atoms with Gasteiger partial charge in [0, 0.05) is 5.97 Å². The van der Waals surface area contributed by atoms with E-state index < -0.39 is 5.97 Å². The van der Waals surface area contributed by atoms with Crippen LogP contribution in [0, 0.1) is 5.92 Å². The summed E-state index contributed by atoms with van der Waals surface area (Å²) in [6.07, 6.45) is 33.6. The van der Waals surface area contributed by atoms with Crippen molar-refractivity contribution < 1.29 is 39.5 Å². The standard InChI is InChI=1S/C30H60O2.Na/c1-3-5-7-9-11-13-15-16-17-18-20-22-24-26-28-29(30(31)32)27-25-23-21-19-14-12-10-8-6-4-2;/h29H,3-28H2,1-2H3,(H,31,32);/q;+1/p-1. The fourth-order valence-electron chi connectivity index (χ4n) is 4.84. The molecule has 1 atom stereocenters. The van der Waals surface area contributed by atoms with Crippen LogP contribution in [0.1, 0.15) is 181 Å². The van der Waals surface area contributed by atoms with E-state index in [1.54, 1.807) is 0 Å². The van der Waals surface area contributed by atoms with Gasteiger partial charge in [-0.2, -0.15) is 0 Å². The van der Waals surface area contributed by atoms with E-state index in [-0.39, 0.29) is 35.5 Å². The Morgan fingerprint density at radius 2 is 0.667 bits per heavy atom. The third-order valence-corrected chi connectivity index (χ3v) is 7.15. The molecular formula is C30H59NaO2.